The molecule has 0 saturated heterocycles. The molecule has 0 saturated carbocycles. The highest BCUT2D eigenvalue weighted by molar-refractivity contribution is 9.10. The van der Waals surface area contributed by atoms with Crippen LogP contribution >= 0.6 is 28.1 Å². The Bertz CT molecular complexity index is 1220. The fraction of sp³-hybridized carbons (Fsp3) is 0.0870. The van der Waals surface area contributed by atoms with Gasteiger partial charge in [0.15, 0.2) is 16.6 Å². The van der Waals surface area contributed by atoms with E-state index in [4.69, 9.17) is 21.4 Å². The number of fused-ring (bicyclic) bond motifs is 1. The minimum absolute atomic E-state index is 0.212. The van der Waals surface area contributed by atoms with Gasteiger partial charge in [0.2, 0.25) is 0 Å². The molecule has 0 unspecified atom stereocenters. The maximum absolute atomic E-state index is 12.4. The summed E-state index contributed by atoms with van der Waals surface area (Å²) >= 11 is 8.64. The molecule has 1 amide bonds. The summed E-state index contributed by atoms with van der Waals surface area (Å²) in [5.41, 5.74) is 3.91. The lowest BCUT2D eigenvalue weighted by Crippen LogP contribution is -2.34. The molecule has 2 N–H and O–H groups in total. The van der Waals surface area contributed by atoms with E-state index in [9.17, 15) is 4.79 Å². The third kappa shape index (κ3) is 5.10. The first-order valence-electron chi connectivity index (χ1n) is 9.41. The van der Waals surface area contributed by atoms with Crippen LogP contribution in [0.1, 0.15) is 21.8 Å². The molecule has 1 heterocycles. The minimum atomic E-state index is -0.312. The number of amides is 1. The highest BCUT2D eigenvalue weighted by Crippen LogP contribution is 2.25. The molecule has 3 aromatic carbocycles. The normalized spacial score (nSPS) is 10.6. The molecule has 0 aliphatic rings. The summed E-state index contributed by atoms with van der Waals surface area (Å²) in [4.78, 5) is 16.9. The van der Waals surface area contributed by atoms with Crippen molar-refractivity contribution in [3.05, 3.63) is 88.2 Å². The maximum Gasteiger partial charge on any atom is 0.257 e. The molecule has 0 fully saturated rings. The van der Waals surface area contributed by atoms with Crippen LogP contribution in [0.4, 0.5) is 5.69 Å². The number of carbonyl (C=O) groups is 1. The van der Waals surface area contributed by atoms with Crippen LogP contribution in [-0.2, 0) is 6.42 Å². The molecular weight excluding hydrogens is 478 g/mol. The number of nitrogens with one attached hydrogen (secondary N) is 2. The summed E-state index contributed by atoms with van der Waals surface area (Å²) in [5, 5.41) is 5.90. The molecule has 8 heteroatoms. The third-order valence-corrected chi connectivity index (χ3v) is 5.37. The van der Waals surface area contributed by atoms with Crippen molar-refractivity contribution >= 4 is 56.0 Å². The second kappa shape index (κ2) is 9.28. The van der Waals surface area contributed by atoms with Crippen LogP contribution in [-0.4, -0.2) is 23.1 Å². The van der Waals surface area contributed by atoms with Gasteiger partial charge in [-0.2, -0.15) is 0 Å². The molecule has 0 bridgehead atoms. The van der Waals surface area contributed by atoms with E-state index >= 15 is 0 Å². The number of halogens is 1. The standard InChI is InChI=1S/C23H18BrN3O3S/c1-29-19-11-8-15(13-17(19)24)22(28)27-23(31)25-16-9-6-14(7-10-16)12-21-26-18-4-2-3-5-20(18)30-21/h2-11,13H,12H2,1H3,(H2,25,27,28,31). The van der Waals surface area contributed by atoms with E-state index in [1.165, 1.54) is 0 Å². The van der Waals surface area contributed by atoms with E-state index in [2.05, 4.69) is 31.5 Å². The third-order valence-electron chi connectivity index (χ3n) is 4.55. The zero-order chi connectivity index (χ0) is 21.8. The molecule has 31 heavy (non-hydrogen) atoms. The van der Waals surface area contributed by atoms with E-state index in [0.717, 1.165) is 22.4 Å². The van der Waals surface area contributed by atoms with Crippen LogP contribution in [0.15, 0.2) is 75.6 Å². The number of oxazole rings is 1. The Morgan fingerprint density at radius 2 is 1.90 bits per heavy atom. The van der Waals surface area contributed by atoms with E-state index in [-0.39, 0.29) is 11.0 Å². The van der Waals surface area contributed by atoms with Gasteiger partial charge in [-0.15, -0.1) is 0 Å². The first-order valence-corrected chi connectivity index (χ1v) is 10.6. The number of carbonyl (C=O) groups excluding carboxylic acids is 1. The number of methoxy groups -OCH3 is 1. The van der Waals surface area contributed by atoms with Gasteiger partial charge in [-0.3, -0.25) is 10.1 Å². The van der Waals surface area contributed by atoms with Crippen molar-refractivity contribution in [2.24, 2.45) is 0 Å². The summed E-state index contributed by atoms with van der Waals surface area (Å²) in [6.07, 6.45) is 0.586. The molecule has 0 aliphatic heterocycles. The van der Waals surface area contributed by atoms with Gasteiger partial charge >= 0.3 is 0 Å². The number of hydrogen-bond acceptors (Lipinski definition) is 5. The predicted octanol–water partition coefficient (Wildman–Crippen LogP) is 5.32. The molecule has 0 atom stereocenters. The van der Waals surface area contributed by atoms with Crippen LogP contribution in [0.25, 0.3) is 11.1 Å². The van der Waals surface area contributed by atoms with Crippen molar-refractivity contribution in [1.29, 1.82) is 0 Å². The Morgan fingerprint density at radius 3 is 2.61 bits per heavy atom. The number of thiocarbonyl (C=S) groups is 1. The molecule has 0 radical (unpaired) electrons. The van der Waals surface area contributed by atoms with Gasteiger partial charge in [0.1, 0.15) is 11.3 Å². The number of para-hydroxylation sites is 2. The monoisotopic (exact) mass is 495 g/mol. The Morgan fingerprint density at radius 1 is 1.13 bits per heavy atom. The summed E-state index contributed by atoms with van der Waals surface area (Å²) in [6.45, 7) is 0. The van der Waals surface area contributed by atoms with Gasteiger partial charge in [-0.25, -0.2) is 4.98 Å². The van der Waals surface area contributed by atoms with Crippen LogP contribution in [0.5, 0.6) is 5.75 Å². The van der Waals surface area contributed by atoms with E-state index in [0.29, 0.717) is 28.1 Å². The van der Waals surface area contributed by atoms with E-state index in [1.54, 1.807) is 25.3 Å². The smallest absolute Gasteiger partial charge is 0.257 e. The summed E-state index contributed by atoms with van der Waals surface area (Å²) < 4.78 is 11.6. The number of anilines is 1. The molecular formula is C23H18BrN3O3S. The molecule has 4 aromatic rings. The zero-order valence-corrected chi connectivity index (χ0v) is 18.9. The number of rotatable bonds is 5. The fourth-order valence-corrected chi connectivity index (χ4v) is 3.77. The molecule has 156 valence electrons. The maximum atomic E-state index is 12.4. The average molecular weight is 496 g/mol. The topological polar surface area (TPSA) is 76.4 Å². The van der Waals surface area contributed by atoms with Crippen molar-refractivity contribution in [1.82, 2.24) is 10.3 Å². The molecule has 0 spiro atoms. The Labute approximate surface area is 192 Å². The van der Waals surface area contributed by atoms with Crippen molar-refractivity contribution in [2.75, 3.05) is 12.4 Å². The van der Waals surface area contributed by atoms with Gasteiger partial charge in [0.05, 0.1) is 11.6 Å². The van der Waals surface area contributed by atoms with Gasteiger partial charge in [-0.1, -0.05) is 24.3 Å². The average Bonchev–Trinajstić information content (AvgIpc) is 3.17. The van der Waals surface area contributed by atoms with Crippen LogP contribution < -0.4 is 15.4 Å². The predicted molar refractivity (Wildman–Crippen MR) is 128 cm³/mol. The fourth-order valence-electron chi connectivity index (χ4n) is 3.02. The second-order valence-electron chi connectivity index (χ2n) is 6.71. The van der Waals surface area contributed by atoms with Crippen molar-refractivity contribution in [3.8, 4) is 5.75 Å². The van der Waals surface area contributed by atoms with Gasteiger partial charge in [0.25, 0.3) is 5.91 Å². The van der Waals surface area contributed by atoms with Crippen molar-refractivity contribution in [2.45, 2.75) is 6.42 Å². The van der Waals surface area contributed by atoms with E-state index in [1.807, 2.05) is 48.5 Å². The lowest BCUT2D eigenvalue weighted by Gasteiger charge is -2.11. The van der Waals surface area contributed by atoms with Crippen LogP contribution in [0.3, 0.4) is 0 Å². The Balaban J connectivity index is 1.35. The van der Waals surface area contributed by atoms with E-state index < -0.39 is 0 Å². The molecule has 1 aromatic heterocycles. The largest absolute Gasteiger partial charge is 0.496 e. The molecule has 0 aliphatic carbocycles. The summed E-state index contributed by atoms with van der Waals surface area (Å²) in [6, 6.07) is 20.4. The van der Waals surface area contributed by atoms with Crippen LogP contribution in [0.2, 0.25) is 0 Å². The van der Waals surface area contributed by atoms with Crippen LogP contribution in [0, 0.1) is 0 Å². The minimum Gasteiger partial charge on any atom is -0.496 e. The highest BCUT2D eigenvalue weighted by atomic mass is 79.9. The number of benzene rings is 3. The molecule has 6 nitrogen and oxygen atoms in total. The van der Waals surface area contributed by atoms with Crippen molar-refractivity contribution in [3.63, 3.8) is 0 Å². The SMILES string of the molecule is COc1ccc(C(=O)NC(=S)Nc2ccc(Cc3nc4ccccc4o3)cc2)cc1Br. The van der Waals surface area contributed by atoms with Crippen molar-refractivity contribution < 1.29 is 13.9 Å². The Hall–Kier alpha value is -3.23. The molecule has 4 rings (SSSR count). The van der Waals surface area contributed by atoms with Gasteiger partial charge in [0, 0.05) is 17.7 Å². The number of nitrogens with zero attached hydrogens (tertiary/aromatic N) is 1. The lowest BCUT2D eigenvalue weighted by molar-refractivity contribution is 0.0977. The Kier molecular flexibility index (Phi) is 6.29. The highest BCUT2D eigenvalue weighted by Gasteiger charge is 2.11. The number of ether oxygens (including phenoxy) is 1. The quantitative estimate of drug-likeness (QED) is 0.365. The second-order valence-corrected chi connectivity index (χ2v) is 7.97. The lowest BCUT2D eigenvalue weighted by atomic mass is 10.1. The number of aromatic nitrogens is 1. The first kappa shape index (κ1) is 21.0. The van der Waals surface area contributed by atoms with Gasteiger partial charge < -0.3 is 14.5 Å². The summed E-state index contributed by atoms with van der Waals surface area (Å²) in [7, 11) is 1.57. The van der Waals surface area contributed by atoms with Gasteiger partial charge in [-0.05, 0) is 76.2 Å². The summed E-state index contributed by atoms with van der Waals surface area (Å²) in [5.74, 6) is 0.999. The zero-order valence-electron chi connectivity index (χ0n) is 16.5. The number of hydrogen-bond donors (Lipinski definition) is 2. The first-order chi connectivity index (χ1) is 15.0.